The highest BCUT2D eigenvalue weighted by molar-refractivity contribution is 7.85. The lowest BCUT2D eigenvalue weighted by Gasteiger charge is -2.42. The molecule has 24 heavy (non-hydrogen) atoms. The van der Waals surface area contributed by atoms with Crippen LogP contribution >= 0.6 is 0 Å². The van der Waals surface area contributed by atoms with Gasteiger partial charge in [0, 0.05) is 13.2 Å². The molecule has 6 heteroatoms. The van der Waals surface area contributed by atoms with Gasteiger partial charge in [-0.3, -0.25) is 4.18 Å². The molecule has 0 amide bonds. The zero-order chi connectivity index (χ0) is 17.3. The van der Waals surface area contributed by atoms with Gasteiger partial charge in [-0.2, -0.15) is 8.42 Å². The average Bonchev–Trinajstić information content (AvgIpc) is 2.45. The van der Waals surface area contributed by atoms with Gasteiger partial charge in [-0.15, -0.1) is 0 Å². The Balaban J connectivity index is 2.00. The molecule has 0 radical (unpaired) electrons. The fourth-order valence-corrected chi connectivity index (χ4v) is 4.52. The Morgan fingerprint density at radius 1 is 1.00 bits per heavy atom. The van der Waals surface area contributed by atoms with Crippen LogP contribution < -0.4 is 0 Å². The third kappa shape index (κ3) is 6.98. The third-order valence-corrected chi connectivity index (χ3v) is 6.01. The number of rotatable bonds is 6. The van der Waals surface area contributed by atoms with Gasteiger partial charge in [0.2, 0.25) is 0 Å². The van der Waals surface area contributed by atoms with E-state index in [9.17, 15) is 8.42 Å². The van der Waals surface area contributed by atoms with Crippen molar-refractivity contribution in [3.8, 4) is 0 Å². The fourth-order valence-electron chi connectivity index (χ4n) is 4.10. The molecule has 0 aromatic carbocycles. The summed E-state index contributed by atoms with van der Waals surface area (Å²) in [6.07, 6.45) is 13.8. The first-order chi connectivity index (χ1) is 11.5. The molecule has 2 aliphatic rings. The second-order valence-corrected chi connectivity index (χ2v) is 9.05. The molecule has 0 aromatic rings. The summed E-state index contributed by atoms with van der Waals surface area (Å²) < 4.78 is 39.4. The Hall–Kier alpha value is -0.170. The summed E-state index contributed by atoms with van der Waals surface area (Å²) in [5, 5.41) is 0. The highest BCUT2D eigenvalue weighted by Gasteiger charge is 2.39. The van der Waals surface area contributed by atoms with E-state index in [2.05, 4.69) is 0 Å². The van der Waals surface area contributed by atoms with Crippen LogP contribution in [-0.2, 0) is 23.8 Å². The zero-order valence-corrected chi connectivity index (χ0v) is 15.9. The van der Waals surface area contributed by atoms with E-state index < -0.39 is 10.1 Å². The Labute approximate surface area is 147 Å². The molecule has 1 aliphatic heterocycles. The lowest BCUT2D eigenvalue weighted by molar-refractivity contribution is -0.113. The van der Waals surface area contributed by atoms with Gasteiger partial charge < -0.3 is 9.47 Å². The van der Waals surface area contributed by atoms with Gasteiger partial charge in [-0.05, 0) is 43.9 Å². The van der Waals surface area contributed by atoms with Crippen molar-refractivity contribution in [3.05, 3.63) is 0 Å². The summed E-state index contributed by atoms with van der Waals surface area (Å²) >= 11 is 0. The quantitative estimate of drug-likeness (QED) is 0.533. The minimum atomic E-state index is -3.35. The predicted molar refractivity (Wildman–Crippen MR) is 94.6 cm³/mol. The highest BCUT2D eigenvalue weighted by atomic mass is 32.2. The van der Waals surface area contributed by atoms with E-state index in [0.717, 1.165) is 58.0 Å². The first kappa shape index (κ1) is 20.1. The Kier molecular flexibility index (Phi) is 8.47. The molecule has 1 atom stereocenters. The molecule has 1 saturated carbocycles. The summed E-state index contributed by atoms with van der Waals surface area (Å²) in [4.78, 5) is 0. The van der Waals surface area contributed by atoms with Crippen molar-refractivity contribution < 1.29 is 22.1 Å². The lowest BCUT2D eigenvalue weighted by atomic mass is 9.69. The van der Waals surface area contributed by atoms with Gasteiger partial charge in [0.1, 0.15) is 0 Å². The molecule has 0 aromatic heterocycles. The smallest absolute Gasteiger partial charge is 0.264 e. The minimum Gasteiger partial charge on any atom is -0.379 e. The van der Waals surface area contributed by atoms with Crippen LogP contribution in [0.5, 0.6) is 0 Å². The van der Waals surface area contributed by atoms with Crippen LogP contribution in [0.15, 0.2) is 0 Å². The van der Waals surface area contributed by atoms with Crippen LogP contribution in [0.3, 0.4) is 0 Å². The molecule has 2 rings (SSSR count). The van der Waals surface area contributed by atoms with Gasteiger partial charge in [0.05, 0.1) is 25.6 Å². The summed E-state index contributed by atoms with van der Waals surface area (Å²) in [5.41, 5.74) is 0.110. The summed E-state index contributed by atoms with van der Waals surface area (Å²) in [7, 11) is -3.35. The summed E-state index contributed by atoms with van der Waals surface area (Å²) in [6.45, 7) is 2.59. The average molecular weight is 363 g/mol. The molecule has 1 heterocycles. The SMILES string of the molecule is CS(=O)(=O)OCCCC1(C2COCCCCO2)CCCCCCC1. The van der Waals surface area contributed by atoms with Crippen molar-refractivity contribution >= 4 is 10.1 Å². The van der Waals surface area contributed by atoms with Crippen molar-refractivity contribution in [3.63, 3.8) is 0 Å². The Morgan fingerprint density at radius 2 is 1.67 bits per heavy atom. The monoisotopic (exact) mass is 362 g/mol. The molecule has 1 saturated heterocycles. The second-order valence-electron chi connectivity index (χ2n) is 7.40. The van der Waals surface area contributed by atoms with Gasteiger partial charge in [-0.1, -0.05) is 32.1 Å². The molecule has 0 spiro atoms. The van der Waals surface area contributed by atoms with Crippen LogP contribution in [0.1, 0.15) is 70.6 Å². The van der Waals surface area contributed by atoms with Crippen molar-refractivity contribution in [1.82, 2.24) is 0 Å². The van der Waals surface area contributed by atoms with Crippen LogP contribution in [0.25, 0.3) is 0 Å². The molecule has 142 valence electrons. The van der Waals surface area contributed by atoms with E-state index in [1.165, 1.54) is 32.1 Å². The van der Waals surface area contributed by atoms with Crippen LogP contribution in [-0.4, -0.2) is 47.2 Å². The van der Waals surface area contributed by atoms with Gasteiger partial charge in [0.15, 0.2) is 0 Å². The molecule has 0 bridgehead atoms. The topological polar surface area (TPSA) is 61.8 Å². The molecule has 1 unspecified atom stereocenters. The van der Waals surface area contributed by atoms with Gasteiger partial charge in [0.25, 0.3) is 10.1 Å². The van der Waals surface area contributed by atoms with Crippen LogP contribution in [0.2, 0.25) is 0 Å². The molecular weight excluding hydrogens is 328 g/mol. The maximum Gasteiger partial charge on any atom is 0.264 e. The second kappa shape index (κ2) is 10.1. The molecule has 0 N–H and O–H groups in total. The first-order valence-corrected chi connectivity index (χ1v) is 11.4. The zero-order valence-electron chi connectivity index (χ0n) is 15.1. The van der Waals surface area contributed by atoms with Gasteiger partial charge in [-0.25, -0.2) is 0 Å². The molecular formula is C18H34O5S. The fraction of sp³-hybridized carbons (Fsp3) is 1.00. The summed E-state index contributed by atoms with van der Waals surface area (Å²) in [6, 6.07) is 0. The molecule has 5 nitrogen and oxygen atoms in total. The first-order valence-electron chi connectivity index (χ1n) is 9.56. The third-order valence-electron chi connectivity index (χ3n) is 5.42. The number of ether oxygens (including phenoxy) is 2. The normalized spacial score (nSPS) is 26.8. The predicted octanol–water partition coefficient (Wildman–Crippen LogP) is 3.67. The maximum absolute atomic E-state index is 11.2. The number of hydrogen-bond acceptors (Lipinski definition) is 5. The van der Waals surface area contributed by atoms with E-state index in [1.807, 2.05) is 0 Å². The van der Waals surface area contributed by atoms with E-state index in [-0.39, 0.29) is 18.1 Å². The lowest BCUT2D eigenvalue weighted by Crippen LogP contribution is -2.42. The van der Waals surface area contributed by atoms with Gasteiger partial charge >= 0.3 is 0 Å². The maximum atomic E-state index is 11.2. The van der Waals surface area contributed by atoms with Crippen molar-refractivity contribution in [2.24, 2.45) is 5.41 Å². The Bertz CT molecular complexity index is 432. The number of hydrogen-bond donors (Lipinski definition) is 0. The highest BCUT2D eigenvalue weighted by Crippen LogP contribution is 2.43. The van der Waals surface area contributed by atoms with Crippen molar-refractivity contribution in [1.29, 1.82) is 0 Å². The van der Waals surface area contributed by atoms with Crippen LogP contribution in [0, 0.1) is 5.41 Å². The standard InChI is InChI=1S/C18H34O5S/c1-24(19,20)23-15-9-12-18(10-5-3-2-4-6-11-18)17-16-21-13-7-8-14-22-17/h17H,2-16H2,1H3. The largest absolute Gasteiger partial charge is 0.379 e. The van der Waals surface area contributed by atoms with E-state index in [4.69, 9.17) is 13.7 Å². The van der Waals surface area contributed by atoms with Crippen molar-refractivity contribution in [2.45, 2.75) is 76.7 Å². The van der Waals surface area contributed by atoms with Crippen molar-refractivity contribution in [2.75, 3.05) is 32.7 Å². The Morgan fingerprint density at radius 3 is 2.38 bits per heavy atom. The van der Waals surface area contributed by atoms with E-state index in [1.54, 1.807) is 0 Å². The molecule has 2 fully saturated rings. The minimum absolute atomic E-state index is 0.110. The molecule has 1 aliphatic carbocycles. The van der Waals surface area contributed by atoms with E-state index in [0.29, 0.717) is 6.61 Å². The summed E-state index contributed by atoms with van der Waals surface area (Å²) in [5.74, 6) is 0. The van der Waals surface area contributed by atoms with E-state index >= 15 is 0 Å². The van der Waals surface area contributed by atoms with Crippen LogP contribution in [0.4, 0.5) is 0 Å².